The first-order valence-corrected chi connectivity index (χ1v) is 17.6. The van der Waals surface area contributed by atoms with Crippen molar-refractivity contribution in [1.82, 2.24) is 9.91 Å². The molecule has 3 aliphatic carbocycles. The molecule has 6 atom stereocenters. The molecule has 11 heteroatoms. The van der Waals surface area contributed by atoms with Gasteiger partial charge in [-0.3, -0.25) is 29.5 Å². The van der Waals surface area contributed by atoms with Gasteiger partial charge in [0, 0.05) is 22.5 Å². The van der Waals surface area contributed by atoms with Crippen molar-refractivity contribution in [2.24, 2.45) is 23.7 Å². The van der Waals surface area contributed by atoms with Crippen LogP contribution in [0, 0.1) is 29.5 Å². The highest BCUT2D eigenvalue weighted by Crippen LogP contribution is 2.65. The number of halogens is 2. The number of amides is 4. The van der Waals surface area contributed by atoms with Crippen LogP contribution in [0.1, 0.15) is 62.0 Å². The van der Waals surface area contributed by atoms with Gasteiger partial charge in [-0.05, 0) is 79.6 Å². The van der Waals surface area contributed by atoms with Crippen LogP contribution in [0.2, 0.25) is 5.02 Å². The van der Waals surface area contributed by atoms with Gasteiger partial charge in [-0.25, -0.2) is 4.39 Å². The number of aromatic hydroxyl groups is 1. The number of benzene rings is 3. The molecule has 0 spiro atoms. The lowest BCUT2D eigenvalue weighted by Gasteiger charge is -2.50. The third-order valence-electron chi connectivity index (χ3n) is 11.8. The first-order chi connectivity index (χ1) is 24.2. The average Bonchev–Trinajstić information content (AvgIpc) is 3.51. The largest absolute Gasteiger partial charge is 0.504 e. The van der Waals surface area contributed by atoms with Crippen LogP contribution in [-0.4, -0.2) is 51.8 Å². The fourth-order valence-electron chi connectivity index (χ4n) is 9.66. The van der Waals surface area contributed by atoms with Gasteiger partial charge in [0.05, 0.1) is 36.0 Å². The number of hydrazine groups is 1. The number of nitrogens with zero attached hydrogens (tertiary/aromatic N) is 2. The molecule has 8 rings (SSSR count). The number of rotatable bonds is 6. The first kappa shape index (κ1) is 32.5. The van der Waals surface area contributed by atoms with Crippen LogP contribution in [0.3, 0.4) is 0 Å². The maximum Gasteiger partial charge on any atom is 0.260 e. The number of phenolic OH excluding ortho intramolecular Hbond substituents is 1. The lowest BCUT2D eigenvalue weighted by atomic mass is 9.49. The Morgan fingerprint density at radius 2 is 1.62 bits per heavy atom. The number of imide groups is 2. The molecule has 258 valence electrons. The Labute approximate surface area is 294 Å². The Kier molecular flexibility index (Phi) is 7.97. The second kappa shape index (κ2) is 12.3. The van der Waals surface area contributed by atoms with Gasteiger partial charge in [0.1, 0.15) is 5.82 Å². The van der Waals surface area contributed by atoms with E-state index in [-0.39, 0.29) is 35.8 Å². The molecule has 2 saturated carbocycles. The van der Waals surface area contributed by atoms with Crippen LogP contribution < -0.4 is 10.2 Å². The number of carbonyl (C=O) groups is 4. The number of phenols is 1. The molecule has 50 heavy (non-hydrogen) atoms. The summed E-state index contributed by atoms with van der Waals surface area (Å²) in [5.74, 6) is -5.69. The van der Waals surface area contributed by atoms with Gasteiger partial charge in [0.2, 0.25) is 11.8 Å². The van der Waals surface area contributed by atoms with Gasteiger partial charge in [-0.15, -0.1) is 0 Å². The van der Waals surface area contributed by atoms with E-state index >= 15 is 4.79 Å². The molecule has 9 nitrogen and oxygen atoms in total. The van der Waals surface area contributed by atoms with Gasteiger partial charge < -0.3 is 9.84 Å². The van der Waals surface area contributed by atoms with Crippen molar-refractivity contribution in [3.8, 4) is 11.5 Å². The zero-order chi connectivity index (χ0) is 34.9. The maximum absolute atomic E-state index is 15.2. The number of methoxy groups -OCH3 is 1. The molecule has 3 aromatic carbocycles. The van der Waals surface area contributed by atoms with E-state index in [2.05, 4.69) is 5.43 Å². The van der Waals surface area contributed by atoms with E-state index in [1.165, 1.54) is 36.3 Å². The molecular formula is C39H37ClFN3O6. The molecular weight excluding hydrogens is 661 g/mol. The summed E-state index contributed by atoms with van der Waals surface area (Å²) in [6.07, 6.45) is 6.94. The maximum atomic E-state index is 15.2. The number of allylic oxidation sites excluding steroid dienone is 2. The first-order valence-electron chi connectivity index (χ1n) is 17.3. The Balaban J connectivity index is 1.33. The molecule has 5 aliphatic rings. The minimum atomic E-state index is -1.59. The van der Waals surface area contributed by atoms with Crippen molar-refractivity contribution >= 4 is 40.9 Å². The van der Waals surface area contributed by atoms with Crippen LogP contribution in [0.25, 0.3) is 0 Å². The number of para-hydroxylation sites is 1. The van der Waals surface area contributed by atoms with Crippen LogP contribution in [0.4, 0.5) is 10.1 Å². The van der Waals surface area contributed by atoms with E-state index in [0.717, 1.165) is 42.7 Å². The summed E-state index contributed by atoms with van der Waals surface area (Å²) in [4.78, 5) is 59.9. The zero-order valence-electron chi connectivity index (χ0n) is 27.5. The molecule has 4 fully saturated rings. The van der Waals surface area contributed by atoms with E-state index in [9.17, 15) is 23.9 Å². The summed E-state index contributed by atoms with van der Waals surface area (Å²) in [6, 6.07) is 17.0. The highest BCUT2D eigenvalue weighted by Gasteiger charge is 2.71. The summed E-state index contributed by atoms with van der Waals surface area (Å²) < 4.78 is 19.4. The topological polar surface area (TPSA) is 116 Å². The van der Waals surface area contributed by atoms with Crippen molar-refractivity contribution in [1.29, 1.82) is 0 Å². The number of likely N-dealkylation sites (tertiary alicyclic amines) is 1. The molecule has 4 amide bonds. The highest BCUT2D eigenvalue weighted by molar-refractivity contribution is 6.30. The van der Waals surface area contributed by atoms with E-state index in [1.807, 2.05) is 6.08 Å². The summed E-state index contributed by atoms with van der Waals surface area (Å²) in [7, 11) is 1.44. The van der Waals surface area contributed by atoms with Crippen molar-refractivity contribution in [2.75, 3.05) is 12.5 Å². The summed E-state index contributed by atoms with van der Waals surface area (Å²) in [6.45, 7) is 0. The van der Waals surface area contributed by atoms with E-state index < -0.39 is 52.6 Å². The molecule has 2 heterocycles. The number of anilines is 1. The number of carbonyl (C=O) groups excluding carboxylic acids is 4. The molecule has 3 aromatic rings. The Bertz CT molecular complexity index is 1930. The van der Waals surface area contributed by atoms with Crippen molar-refractivity contribution in [3.63, 3.8) is 0 Å². The normalized spacial score (nSPS) is 29.4. The third kappa shape index (κ3) is 4.71. The molecule has 2 saturated heterocycles. The smallest absolute Gasteiger partial charge is 0.260 e. The van der Waals surface area contributed by atoms with Crippen LogP contribution in [0.15, 0.2) is 78.4 Å². The Hall–Kier alpha value is -4.70. The minimum Gasteiger partial charge on any atom is -0.504 e. The monoisotopic (exact) mass is 697 g/mol. The molecule has 2 aliphatic heterocycles. The lowest BCUT2D eigenvalue weighted by molar-refractivity contribution is -0.144. The SMILES string of the molecule is COc1cccc(C2C3=CCC4C(=O)N(C5CCCCC5)C(=O)C4C3CC3C(=O)N(Nc4ccc(F)cc4)C(=O)C32c2ccc(Cl)cc2)c1O. The average molecular weight is 698 g/mol. The predicted molar refractivity (Wildman–Crippen MR) is 182 cm³/mol. The predicted octanol–water partition coefficient (Wildman–Crippen LogP) is 6.51. The van der Waals surface area contributed by atoms with E-state index in [1.54, 1.807) is 42.5 Å². The van der Waals surface area contributed by atoms with Gasteiger partial charge in [0.25, 0.3) is 11.8 Å². The quantitative estimate of drug-likeness (QED) is 0.223. The molecule has 2 N–H and O–H groups in total. The zero-order valence-corrected chi connectivity index (χ0v) is 28.2. The summed E-state index contributed by atoms with van der Waals surface area (Å²) in [5, 5.41) is 13.2. The Morgan fingerprint density at radius 3 is 2.32 bits per heavy atom. The van der Waals surface area contributed by atoms with Crippen LogP contribution in [0.5, 0.6) is 11.5 Å². The van der Waals surface area contributed by atoms with Gasteiger partial charge in [0.15, 0.2) is 11.5 Å². The lowest BCUT2D eigenvalue weighted by Crippen LogP contribution is -2.53. The number of ether oxygens (including phenoxy) is 1. The second-order valence-electron chi connectivity index (χ2n) is 14.1. The van der Waals surface area contributed by atoms with E-state index in [0.29, 0.717) is 28.3 Å². The van der Waals surface area contributed by atoms with Crippen LogP contribution >= 0.6 is 11.6 Å². The third-order valence-corrected chi connectivity index (χ3v) is 12.0. The minimum absolute atomic E-state index is 0.126. The number of nitrogens with one attached hydrogen (secondary N) is 1. The highest BCUT2D eigenvalue weighted by atomic mass is 35.5. The molecule has 0 bridgehead atoms. The number of hydrogen-bond donors (Lipinski definition) is 2. The van der Waals surface area contributed by atoms with Gasteiger partial charge in [-0.2, -0.15) is 5.01 Å². The van der Waals surface area contributed by atoms with Gasteiger partial charge >= 0.3 is 0 Å². The molecule has 0 radical (unpaired) electrons. The van der Waals surface area contributed by atoms with Crippen molar-refractivity contribution in [3.05, 3.63) is 100 Å². The molecule has 0 aromatic heterocycles. The van der Waals surface area contributed by atoms with Crippen molar-refractivity contribution in [2.45, 2.75) is 62.3 Å². The van der Waals surface area contributed by atoms with E-state index in [4.69, 9.17) is 16.3 Å². The standard InChI is InChI=1S/C39H37ClFN3O6/c1-50-31-9-5-8-28(34(31)45)33-26-18-19-27-32(37(48)43(35(27)46)25-6-3-2-4-7-25)29(26)20-30-36(47)44(42-24-16-14-23(41)15-17-24)38(49)39(30,33)21-10-12-22(40)13-11-21/h5,8-18,25,27,29-30,32-33,42,45H,2-4,6-7,19-20H2,1H3. The van der Waals surface area contributed by atoms with Crippen LogP contribution in [-0.2, 0) is 24.6 Å². The van der Waals surface area contributed by atoms with Gasteiger partial charge in [-0.1, -0.05) is 66.8 Å². The second-order valence-corrected chi connectivity index (χ2v) is 14.5. The summed E-state index contributed by atoms with van der Waals surface area (Å²) in [5.41, 5.74) is 3.29. The fourth-order valence-corrected chi connectivity index (χ4v) is 9.79. The fraction of sp³-hybridized carbons (Fsp3) is 0.385. The Morgan fingerprint density at radius 1 is 0.900 bits per heavy atom. The summed E-state index contributed by atoms with van der Waals surface area (Å²) >= 11 is 6.35. The van der Waals surface area contributed by atoms with Crippen molar-refractivity contribution < 1.29 is 33.4 Å². The number of fused-ring (bicyclic) bond motifs is 4. The number of hydrogen-bond acceptors (Lipinski definition) is 7. The molecule has 6 unspecified atom stereocenters.